The van der Waals surface area contributed by atoms with E-state index in [4.69, 9.17) is 9.72 Å². The molecule has 1 aromatic carbocycles. The summed E-state index contributed by atoms with van der Waals surface area (Å²) >= 11 is 0. The zero-order chi connectivity index (χ0) is 20.5. The van der Waals surface area contributed by atoms with Crippen LogP contribution in [0.5, 0.6) is 5.75 Å². The van der Waals surface area contributed by atoms with Crippen molar-refractivity contribution in [1.29, 1.82) is 0 Å². The van der Waals surface area contributed by atoms with Gasteiger partial charge in [-0.15, -0.1) is 0 Å². The van der Waals surface area contributed by atoms with Crippen LogP contribution in [0.4, 0.5) is 0 Å². The quantitative estimate of drug-likeness (QED) is 0.494. The van der Waals surface area contributed by atoms with Crippen molar-refractivity contribution in [2.45, 2.75) is 39.8 Å². The van der Waals surface area contributed by atoms with Crippen LogP contribution < -0.4 is 10.4 Å². The third kappa shape index (κ3) is 4.03. The second kappa shape index (κ2) is 8.85. The summed E-state index contributed by atoms with van der Waals surface area (Å²) in [4.78, 5) is 24.6. The molecule has 1 aliphatic heterocycles. The average molecular weight is 421 g/mol. The van der Waals surface area contributed by atoms with Gasteiger partial charge >= 0.3 is 5.69 Å². The van der Waals surface area contributed by atoms with E-state index in [1.807, 2.05) is 30.5 Å². The largest absolute Gasteiger partial charge is 0.497 e. The molecule has 0 atom stereocenters. The van der Waals surface area contributed by atoms with Crippen LogP contribution in [0.1, 0.15) is 37.8 Å². The summed E-state index contributed by atoms with van der Waals surface area (Å²) in [6.45, 7) is 3.50. The Balaban J connectivity index is 0.00000231. The van der Waals surface area contributed by atoms with E-state index >= 15 is 0 Å². The first-order valence-electron chi connectivity index (χ1n) is 10.3. The molecule has 8 nitrogen and oxygen atoms in total. The van der Waals surface area contributed by atoms with Crippen LogP contribution in [0.3, 0.4) is 0 Å². The Bertz CT molecular complexity index is 1240. The van der Waals surface area contributed by atoms with Gasteiger partial charge in [0.2, 0.25) is 0 Å². The second-order valence-corrected chi connectivity index (χ2v) is 7.76. The summed E-state index contributed by atoms with van der Waals surface area (Å²) in [6, 6.07) is 9.78. The molecule has 1 saturated heterocycles. The Morgan fingerprint density at radius 1 is 0.968 bits per heavy atom. The Kier molecular flexibility index (Phi) is 5.99. The van der Waals surface area contributed by atoms with Gasteiger partial charge in [-0.25, -0.2) is 14.8 Å². The third-order valence-electron chi connectivity index (χ3n) is 5.73. The lowest BCUT2D eigenvalue weighted by atomic mass is 10.1. The second-order valence-electron chi connectivity index (χ2n) is 7.76. The SMILES string of the molecule is C.COc1ccc(Cn2c(=O)n3ncnc3c3cc(CN4CCCCC4)cnc32)cc1. The van der Waals surface area contributed by atoms with Gasteiger partial charge in [0.1, 0.15) is 17.7 Å². The van der Waals surface area contributed by atoms with Crippen LogP contribution in [0.25, 0.3) is 16.7 Å². The number of fused-ring (bicyclic) bond motifs is 3. The molecule has 4 heterocycles. The highest BCUT2D eigenvalue weighted by Gasteiger charge is 2.16. The van der Waals surface area contributed by atoms with Gasteiger partial charge in [-0.2, -0.15) is 9.61 Å². The van der Waals surface area contributed by atoms with Gasteiger partial charge in [0, 0.05) is 12.7 Å². The summed E-state index contributed by atoms with van der Waals surface area (Å²) in [6.07, 6.45) is 7.11. The van der Waals surface area contributed by atoms with E-state index in [1.165, 1.54) is 30.1 Å². The van der Waals surface area contributed by atoms with Gasteiger partial charge in [0.05, 0.1) is 19.0 Å². The molecule has 8 heteroatoms. The van der Waals surface area contributed by atoms with Crippen molar-refractivity contribution >= 4 is 16.7 Å². The first-order valence-corrected chi connectivity index (χ1v) is 10.3. The van der Waals surface area contributed by atoms with Gasteiger partial charge < -0.3 is 4.74 Å². The predicted molar refractivity (Wildman–Crippen MR) is 121 cm³/mol. The maximum absolute atomic E-state index is 13.1. The number of aromatic nitrogens is 5. The lowest BCUT2D eigenvalue weighted by Crippen LogP contribution is -2.30. The number of likely N-dealkylation sites (tertiary alicyclic amines) is 1. The highest BCUT2D eigenvalue weighted by molar-refractivity contribution is 5.89. The van der Waals surface area contributed by atoms with Crippen molar-refractivity contribution in [3.05, 3.63) is 64.5 Å². The van der Waals surface area contributed by atoms with Crippen molar-refractivity contribution in [2.75, 3.05) is 20.2 Å². The predicted octanol–water partition coefficient (Wildman–Crippen LogP) is 3.12. The number of hydrogen-bond acceptors (Lipinski definition) is 6. The Hall–Kier alpha value is -3.26. The third-order valence-corrected chi connectivity index (χ3v) is 5.73. The van der Waals surface area contributed by atoms with Crippen LogP contribution in [0.2, 0.25) is 0 Å². The van der Waals surface area contributed by atoms with Gasteiger partial charge in [-0.1, -0.05) is 26.0 Å². The van der Waals surface area contributed by atoms with Crippen LogP contribution in [-0.2, 0) is 13.1 Å². The smallest absolute Gasteiger partial charge is 0.352 e. The van der Waals surface area contributed by atoms with Crippen LogP contribution in [0, 0.1) is 0 Å². The van der Waals surface area contributed by atoms with Crippen molar-refractivity contribution in [2.24, 2.45) is 0 Å². The summed E-state index contributed by atoms with van der Waals surface area (Å²) in [5.74, 6) is 0.781. The molecule has 1 aliphatic rings. The van der Waals surface area contributed by atoms with Crippen molar-refractivity contribution in [3.8, 4) is 5.75 Å². The molecule has 0 aliphatic carbocycles. The lowest BCUT2D eigenvalue weighted by molar-refractivity contribution is 0.221. The zero-order valence-corrected chi connectivity index (χ0v) is 17.0. The minimum absolute atomic E-state index is 0. The van der Waals surface area contributed by atoms with Gasteiger partial charge in [-0.3, -0.25) is 9.47 Å². The molecule has 162 valence electrons. The lowest BCUT2D eigenvalue weighted by Gasteiger charge is -2.26. The molecule has 0 spiro atoms. The number of methoxy groups -OCH3 is 1. The summed E-state index contributed by atoms with van der Waals surface area (Å²) in [5.41, 5.74) is 3.04. The standard InChI is InChI=1S/C22H24N6O2.CH4/c1-30-18-7-5-16(6-8-18)14-27-20-19(21-24-15-25-28(21)22(27)29)11-17(12-23-20)13-26-9-3-2-4-10-26;/h5-8,11-12,15H,2-4,9-10,13-14H2,1H3;1H4. The first-order chi connectivity index (χ1) is 14.7. The number of rotatable bonds is 5. The van der Waals surface area contributed by atoms with Crippen molar-refractivity contribution < 1.29 is 4.74 Å². The molecule has 4 aromatic rings. The van der Waals surface area contributed by atoms with E-state index in [0.29, 0.717) is 17.8 Å². The topological polar surface area (TPSA) is 77.5 Å². The molecule has 5 rings (SSSR count). The van der Waals surface area contributed by atoms with E-state index in [1.54, 1.807) is 11.7 Å². The Labute approximate surface area is 181 Å². The summed E-state index contributed by atoms with van der Waals surface area (Å²) in [7, 11) is 1.64. The zero-order valence-electron chi connectivity index (χ0n) is 17.0. The summed E-state index contributed by atoms with van der Waals surface area (Å²) in [5, 5.41) is 5.00. The average Bonchev–Trinajstić information content (AvgIpc) is 3.28. The molecule has 0 unspecified atom stereocenters. The van der Waals surface area contributed by atoms with Crippen LogP contribution >= 0.6 is 0 Å². The van der Waals surface area contributed by atoms with Gasteiger partial charge in [-0.05, 0) is 55.3 Å². The van der Waals surface area contributed by atoms with Crippen molar-refractivity contribution in [1.82, 2.24) is 29.0 Å². The van der Waals surface area contributed by atoms with E-state index < -0.39 is 0 Å². The van der Waals surface area contributed by atoms with Crippen LogP contribution in [-0.4, -0.2) is 49.2 Å². The molecular weight excluding hydrogens is 392 g/mol. The van der Waals surface area contributed by atoms with Crippen LogP contribution in [0.15, 0.2) is 47.7 Å². The summed E-state index contributed by atoms with van der Waals surface area (Å²) < 4.78 is 8.24. The maximum atomic E-state index is 13.1. The van der Waals surface area contributed by atoms with E-state index in [-0.39, 0.29) is 13.1 Å². The number of hydrogen-bond donors (Lipinski definition) is 0. The fourth-order valence-corrected chi connectivity index (χ4v) is 4.17. The first kappa shape index (κ1) is 21.0. The molecular formula is C23H28N6O2. The molecule has 31 heavy (non-hydrogen) atoms. The molecule has 0 saturated carbocycles. The van der Waals surface area contributed by atoms with Crippen molar-refractivity contribution in [3.63, 3.8) is 0 Å². The highest BCUT2D eigenvalue weighted by Crippen LogP contribution is 2.20. The molecule has 0 amide bonds. The van der Waals surface area contributed by atoms with Gasteiger partial charge in [0.15, 0.2) is 5.65 Å². The van der Waals surface area contributed by atoms with E-state index in [9.17, 15) is 4.79 Å². The van der Waals surface area contributed by atoms with E-state index in [0.717, 1.165) is 41.9 Å². The number of piperidine rings is 1. The fourth-order valence-electron chi connectivity index (χ4n) is 4.17. The molecule has 0 radical (unpaired) electrons. The monoisotopic (exact) mass is 420 g/mol. The normalized spacial score (nSPS) is 14.6. The number of ether oxygens (including phenoxy) is 1. The maximum Gasteiger partial charge on any atom is 0.352 e. The number of pyridine rings is 1. The Morgan fingerprint density at radius 3 is 2.48 bits per heavy atom. The molecule has 1 fully saturated rings. The number of nitrogens with zero attached hydrogens (tertiary/aromatic N) is 6. The molecule has 3 aromatic heterocycles. The molecule has 0 N–H and O–H groups in total. The minimum Gasteiger partial charge on any atom is -0.497 e. The molecule has 0 bridgehead atoms. The number of benzene rings is 1. The van der Waals surface area contributed by atoms with Gasteiger partial charge in [0.25, 0.3) is 0 Å². The highest BCUT2D eigenvalue weighted by atomic mass is 16.5. The minimum atomic E-state index is -0.248. The fraction of sp³-hybridized carbons (Fsp3) is 0.391. The Morgan fingerprint density at radius 2 is 1.74 bits per heavy atom. The van der Waals surface area contributed by atoms with E-state index in [2.05, 4.69) is 21.0 Å².